The summed E-state index contributed by atoms with van der Waals surface area (Å²) in [5.41, 5.74) is 3.71. The Morgan fingerprint density at radius 1 is 1.33 bits per heavy atom. The van der Waals surface area contributed by atoms with Crippen molar-refractivity contribution in [3.8, 4) is 0 Å². The molecule has 1 aromatic rings. The van der Waals surface area contributed by atoms with E-state index in [2.05, 4.69) is 38.2 Å². The van der Waals surface area contributed by atoms with E-state index < -0.39 is 0 Å². The van der Waals surface area contributed by atoms with Crippen molar-refractivity contribution >= 4 is 5.91 Å². The maximum Gasteiger partial charge on any atom is 0.224 e. The van der Waals surface area contributed by atoms with Crippen molar-refractivity contribution in [1.29, 1.82) is 0 Å². The van der Waals surface area contributed by atoms with Gasteiger partial charge in [-0.05, 0) is 30.5 Å². The molecule has 0 aromatic heterocycles. The van der Waals surface area contributed by atoms with Crippen LogP contribution in [0.5, 0.6) is 0 Å². The van der Waals surface area contributed by atoms with Crippen LogP contribution in [0, 0.1) is 19.3 Å². The monoisotopic (exact) mass is 247 g/mol. The van der Waals surface area contributed by atoms with Crippen LogP contribution in [0.15, 0.2) is 18.2 Å². The summed E-state index contributed by atoms with van der Waals surface area (Å²) < 4.78 is 5.17. The first kappa shape index (κ1) is 13.1. The molecular weight excluding hydrogens is 226 g/mol. The second-order valence-electron chi connectivity index (χ2n) is 5.68. The molecule has 3 heteroatoms. The third-order valence-corrected chi connectivity index (χ3v) is 3.55. The number of carbonyl (C=O) groups excluding carboxylic acids is 1. The average molecular weight is 247 g/mol. The fourth-order valence-electron chi connectivity index (χ4n) is 2.03. The van der Waals surface area contributed by atoms with Gasteiger partial charge in [0.05, 0.1) is 19.6 Å². The maximum absolute atomic E-state index is 11.8. The Morgan fingerprint density at radius 3 is 2.61 bits per heavy atom. The molecule has 1 aliphatic rings. The van der Waals surface area contributed by atoms with Crippen LogP contribution in [0.25, 0.3) is 0 Å². The summed E-state index contributed by atoms with van der Waals surface area (Å²) >= 11 is 0. The van der Waals surface area contributed by atoms with Crippen molar-refractivity contribution in [2.75, 3.05) is 19.8 Å². The lowest BCUT2D eigenvalue weighted by Crippen LogP contribution is -2.48. The van der Waals surface area contributed by atoms with Gasteiger partial charge in [-0.2, -0.15) is 0 Å². The van der Waals surface area contributed by atoms with Crippen LogP contribution in [-0.4, -0.2) is 25.7 Å². The number of nitrogens with one attached hydrogen (secondary N) is 1. The minimum Gasteiger partial charge on any atom is -0.380 e. The van der Waals surface area contributed by atoms with E-state index >= 15 is 0 Å². The molecule has 1 amide bonds. The molecular formula is C15H21NO2. The smallest absolute Gasteiger partial charge is 0.224 e. The first-order chi connectivity index (χ1) is 8.48. The van der Waals surface area contributed by atoms with Crippen LogP contribution in [0.1, 0.15) is 23.6 Å². The largest absolute Gasteiger partial charge is 0.380 e. The fourth-order valence-corrected chi connectivity index (χ4v) is 2.03. The standard InChI is InChI=1S/C15H21NO2/c1-11-4-5-13(6-12(11)2)7-14(17)16-8-15(3)9-18-10-15/h4-6H,7-10H2,1-3H3,(H,16,17). The number of ether oxygens (including phenoxy) is 1. The number of amides is 1. The van der Waals surface area contributed by atoms with Gasteiger partial charge in [-0.3, -0.25) is 4.79 Å². The lowest BCUT2D eigenvalue weighted by atomic mass is 9.88. The van der Waals surface area contributed by atoms with E-state index in [-0.39, 0.29) is 11.3 Å². The molecule has 0 spiro atoms. The van der Waals surface area contributed by atoms with Crippen LogP contribution in [0.3, 0.4) is 0 Å². The number of rotatable bonds is 4. The highest BCUT2D eigenvalue weighted by Crippen LogP contribution is 2.25. The van der Waals surface area contributed by atoms with E-state index in [1.165, 1.54) is 11.1 Å². The van der Waals surface area contributed by atoms with Crippen LogP contribution in [0.2, 0.25) is 0 Å². The summed E-state index contributed by atoms with van der Waals surface area (Å²) in [6.45, 7) is 8.48. The number of carbonyl (C=O) groups is 1. The van der Waals surface area contributed by atoms with Gasteiger partial charge in [-0.1, -0.05) is 25.1 Å². The molecule has 0 saturated carbocycles. The molecule has 0 atom stereocenters. The molecule has 1 N–H and O–H groups in total. The summed E-state index contributed by atoms with van der Waals surface area (Å²) in [6, 6.07) is 6.18. The topological polar surface area (TPSA) is 38.3 Å². The molecule has 0 unspecified atom stereocenters. The minimum absolute atomic E-state index is 0.0892. The summed E-state index contributed by atoms with van der Waals surface area (Å²) in [7, 11) is 0. The molecule has 1 aromatic carbocycles. The number of benzene rings is 1. The molecule has 1 heterocycles. The normalized spacial score (nSPS) is 17.1. The van der Waals surface area contributed by atoms with Gasteiger partial charge in [0, 0.05) is 12.0 Å². The SMILES string of the molecule is Cc1ccc(CC(=O)NCC2(C)COC2)cc1C. The Hall–Kier alpha value is -1.35. The predicted molar refractivity (Wildman–Crippen MR) is 71.6 cm³/mol. The molecule has 2 rings (SSSR count). The van der Waals surface area contributed by atoms with Gasteiger partial charge in [-0.25, -0.2) is 0 Å². The zero-order valence-corrected chi connectivity index (χ0v) is 11.4. The average Bonchev–Trinajstić information content (AvgIpc) is 2.29. The highest BCUT2D eigenvalue weighted by Gasteiger charge is 2.33. The van der Waals surface area contributed by atoms with E-state index in [1.54, 1.807) is 0 Å². The van der Waals surface area contributed by atoms with Gasteiger partial charge >= 0.3 is 0 Å². The fraction of sp³-hybridized carbons (Fsp3) is 0.533. The Bertz CT molecular complexity index is 450. The van der Waals surface area contributed by atoms with E-state index in [4.69, 9.17) is 4.74 Å². The molecule has 0 radical (unpaired) electrons. The van der Waals surface area contributed by atoms with Gasteiger partial charge in [0.25, 0.3) is 0 Å². The summed E-state index contributed by atoms with van der Waals surface area (Å²) in [5, 5.41) is 2.99. The van der Waals surface area contributed by atoms with Crippen molar-refractivity contribution in [2.45, 2.75) is 27.2 Å². The number of hydrogen-bond donors (Lipinski definition) is 1. The minimum atomic E-state index is 0.0892. The first-order valence-electron chi connectivity index (χ1n) is 6.39. The third-order valence-electron chi connectivity index (χ3n) is 3.55. The van der Waals surface area contributed by atoms with Crippen molar-refractivity contribution in [2.24, 2.45) is 5.41 Å². The van der Waals surface area contributed by atoms with Gasteiger partial charge < -0.3 is 10.1 Å². The number of aryl methyl sites for hydroxylation is 2. The highest BCUT2D eigenvalue weighted by atomic mass is 16.5. The second-order valence-corrected chi connectivity index (χ2v) is 5.68. The Labute approximate surface area is 109 Å². The van der Waals surface area contributed by atoms with Crippen molar-refractivity contribution in [1.82, 2.24) is 5.32 Å². The maximum atomic E-state index is 11.8. The quantitative estimate of drug-likeness (QED) is 0.883. The molecule has 3 nitrogen and oxygen atoms in total. The third kappa shape index (κ3) is 3.10. The molecule has 1 aliphatic heterocycles. The molecule has 18 heavy (non-hydrogen) atoms. The molecule has 0 aliphatic carbocycles. The Balaban J connectivity index is 1.85. The Morgan fingerprint density at radius 2 is 2.06 bits per heavy atom. The lowest BCUT2D eigenvalue weighted by molar-refractivity contribution is -0.126. The second kappa shape index (κ2) is 5.11. The van der Waals surface area contributed by atoms with E-state index in [1.807, 2.05) is 6.07 Å². The van der Waals surface area contributed by atoms with Gasteiger partial charge in [0.15, 0.2) is 0 Å². The zero-order chi connectivity index (χ0) is 13.2. The van der Waals surface area contributed by atoms with E-state index in [0.717, 1.165) is 18.8 Å². The van der Waals surface area contributed by atoms with Crippen LogP contribution in [0.4, 0.5) is 0 Å². The zero-order valence-electron chi connectivity index (χ0n) is 11.4. The predicted octanol–water partition coefficient (Wildman–Crippen LogP) is 2.00. The van der Waals surface area contributed by atoms with Crippen molar-refractivity contribution in [3.63, 3.8) is 0 Å². The summed E-state index contributed by atoms with van der Waals surface area (Å²) in [4.78, 5) is 11.8. The highest BCUT2D eigenvalue weighted by molar-refractivity contribution is 5.78. The molecule has 98 valence electrons. The molecule has 0 bridgehead atoms. The van der Waals surface area contributed by atoms with E-state index in [0.29, 0.717) is 13.0 Å². The van der Waals surface area contributed by atoms with E-state index in [9.17, 15) is 4.79 Å². The lowest BCUT2D eigenvalue weighted by Gasteiger charge is -2.38. The van der Waals surface area contributed by atoms with Crippen LogP contribution in [-0.2, 0) is 16.0 Å². The van der Waals surface area contributed by atoms with Gasteiger partial charge in [-0.15, -0.1) is 0 Å². The van der Waals surface area contributed by atoms with Crippen molar-refractivity contribution in [3.05, 3.63) is 34.9 Å². The molecule has 1 saturated heterocycles. The van der Waals surface area contributed by atoms with Crippen molar-refractivity contribution < 1.29 is 9.53 Å². The van der Waals surface area contributed by atoms with Crippen LogP contribution >= 0.6 is 0 Å². The summed E-state index contributed by atoms with van der Waals surface area (Å²) in [5.74, 6) is 0.0892. The Kier molecular flexibility index (Phi) is 3.71. The summed E-state index contributed by atoms with van der Waals surface area (Å²) in [6.07, 6.45) is 0.456. The molecule has 1 fully saturated rings. The number of hydrogen-bond acceptors (Lipinski definition) is 2. The van der Waals surface area contributed by atoms with Gasteiger partial charge in [0.1, 0.15) is 0 Å². The van der Waals surface area contributed by atoms with Crippen LogP contribution < -0.4 is 5.32 Å². The van der Waals surface area contributed by atoms with Gasteiger partial charge in [0.2, 0.25) is 5.91 Å². The first-order valence-corrected chi connectivity index (χ1v) is 6.39.